The lowest BCUT2D eigenvalue weighted by Gasteiger charge is -2.15. The molecule has 0 amide bonds. The van der Waals surface area contributed by atoms with E-state index in [0.717, 1.165) is 31.1 Å². The quantitative estimate of drug-likeness (QED) is 0.739. The molecule has 0 aromatic carbocycles. The van der Waals surface area contributed by atoms with Crippen molar-refractivity contribution in [1.82, 2.24) is 15.1 Å². The standard InChI is InChI=1S/C14H27N3/c1-11(2)9-12(3)15-7-6-8-17-14(5)10-13(4)16-17/h10-12,15H,6-9H2,1-5H3. The summed E-state index contributed by atoms with van der Waals surface area (Å²) in [6.45, 7) is 13.1. The van der Waals surface area contributed by atoms with Crippen LogP contribution in [0.4, 0.5) is 0 Å². The Kier molecular flexibility index (Phi) is 5.69. The maximum Gasteiger partial charge on any atom is 0.0596 e. The van der Waals surface area contributed by atoms with Crippen molar-refractivity contribution in [3.05, 3.63) is 17.5 Å². The van der Waals surface area contributed by atoms with Gasteiger partial charge < -0.3 is 5.32 Å². The molecule has 1 atom stereocenters. The average Bonchev–Trinajstić information content (AvgIpc) is 2.51. The molecule has 0 fully saturated rings. The van der Waals surface area contributed by atoms with Gasteiger partial charge in [0.05, 0.1) is 5.69 Å². The molecular weight excluding hydrogens is 210 g/mol. The Hall–Kier alpha value is -0.830. The smallest absolute Gasteiger partial charge is 0.0596 e. The van der Waals surface area contributed by atoms with Crippen molar-refractivity contribution >= 4 is 0 Å². The second kappa shape index (κ2) is 6.80. The van der Waals surface area contributed by atoms with Gasteiger partial charge in [0.25, 0.3) is 0 Å². The minimum atomic E-state index is 0.621. The molecule has 0 bridgehead atoms. The molecule has 0 radical (unpaired) electrons. The maximum absolute atomic E-state index is 4.46. The van der Waals surface area contributed by atoms with Crippen LogP contribution in [-0.4, -0.2) is 22.4 Å². The van der Waals surface area contributed by atoms with E-state index >= 15 is 0 Å². The zero-order chi connectivity index (χ0) is 12.8. The molecule has 17 heavy (non-hydrogen) atoms. The molecule has 0 saturated carbocycles. The Morgan fingerprint density at radius 2 is 2.00 bits per heavy atom. The lowest BCUT2D eigenvalue weighted by atomic mass is 10.1. The van der Waals surface area contributed by atoms with Crippen molar-refractivity contribution in [2.45, 2.75) is 60.0 Å². The second-order valence-corrected chi connectivity index (χ2v) is 5.49. The average molecular weight is 237 g/mol. The van der Waals surface area contributed by atoms with Crippen LogP contribution in [0.1, 0.15) is 45.0 Å². The number of nitrogens with one attached hydrogen (secondary N) is 1. The Labute approximate surface area is 106 Å². The first kappa shape index (κ1) is 14.2. The number of rotatable bonds is 7. The Bertz CT molecular complexity index is 328. The third-order valence-corrected chi connectivity index (χ3v) is 2.97. The van der Waals surface area contributed by atoms with Crippen LogP contribution in [0.5, 0.6) is 0 Å². The summed E-state index contributed by atoms with van der Waals surface area (Å²) in [5.41, 5.74) is 2.38. The highest BCUT2D eigenvalue weighted by molar-refractivity contribution is 5.06. The third kappa shape index (κ3) is 5.35. The van der Waals surface area contributed by atoms with Gasteiger partial charge in [-0.15, -0.1) is 0 Å². The summed E-state index contributed by atoms with van der Waals surface area (Å²) in [7, 11) is 0. The predicted octanol–water partition coefficient (Wildman–Crippen LogP) is 2.91. The molecule has 0 spiro atoms. The van der Waals surface area contributed by atoms with Gasteiger partial charge in [-0.1, -0.05) is 13.8 Å². The summed E-state index contributed by atoms with van der Waals surface area (Å²) in [6.07, 6.45) is 2.39. The maximum atomic E-state index is 4.46. The van der Waals surface area contributed by atoms with Gasteiger partial charge in [-0.3, -0.25) is 4.68 Å². The van der Waals surface area contributed by atoms with Crippen LogP contribution in [0.2, 0.25) is 0 Å². The highest BCUT2D eigenvalue weighted by Crippen LogP contribution is 2.04. The zero-order valence-corrected chi connectivity index (χ0v) is 12.0. The fourth-order valence-electron chi connectivity index (χ4n) is 2.27. The van der Waals surface area contributed by atoms with Crippen LogP contribution >= 0.6 is 0 Å². The fraction of sp³-hybridized carbons (Fsp3) is 0.786. The number of nitrogens with zero attached hydrogens (tertiary/aromatic N) is 2. The highest BCUT2D eigenvalue weighted by atomic mass is 15.3. The van der Waals surface area contributed by atoms with E-state index in [-0.39, 0.29) is 0 Å². The van der Waals surface area contributed by atoms with E-state index in [1.807, 2.05) is 6.92 Å². The highest BCUT2D eigenvalue weighted by Gasteiger charge is 2.04. The minimum Gasteiger partial charge on any atom is -0.314 e. The van der Waals surface area contributed by atoms with Crippen LogP contribution in [0, 0.1) is 19.8 Å². The summed E-state index contributed by atoms with van der Waals surface area (Å²) >= 11 is 0. The molecule has 0 aliphatic rings. The van der Waals surface area contributed by atoms with E-state index in [1.165, 1.54) is 12.1 Å². The molecule has 1 heterocycles. The normalized spacial score (nSPS) is 13.3. The first-order valence-corrected chi connectivity index (χ1v) is 6.73. The second-order valence-electron chi connectivity index (χ2n) is 5.49. The van der Waals surface area contributed by atoms with E-state index < -0.39 is 0 Å². The van der Waals surface area contributed by atoms with Crippen molar-refractivity contribution in [3.8, 4) is 0 Å². The van der Waals surface area contributed by atoms with Crippen LogP contribution in [0.15, 0.2) is 6.07 Å². The Morgan fingerprint density at radius 3 is 2.53 bits per heavy atom. The van der Waals surface area contributed by atoms with Crippen LogP contribution in [0.25, 0.3) is 0 Å². The first-order valence-electron chi connectivity index (χ1n) is 6.73. The van der Waals surface area contributed by atoms with Gasteiger partial charge in [0.2, 0.25) is 0 Å². The summed E-state index contributed by atoms with van der Waals surface area (Å²) in [5.74, 6) is 0.772. The summed E-state index contributed by atoms with van der Waals surface area (Å²) in [5, 5.41) is 8.03. The summed E-state index contributed by atoms with van der Waals surface area (Å²) in [4.78, 5) is 0. The predicted molar refractivity (Wildman–Crippen MR) is 73.2 cm³/mol. The number of hydrogen-bond donors (Lipinski definition) is 1. The largest absolute Gasteiger partial charge is 0.314 e. The first-order chi connectivity index (χ1) is 7.99. The van der Waals surface area contributed by atoms with E-state index in [2.05, 4.69) is 48.9 Å². The van der Waals surface area contributed by atoms with Gasteiger partial charge in [0.15, 0.2) is 0 Å². The topological polar surface area (TPSA) is 29.9 Å². The van der Waals surface area contributed by atoms with Crippen molar-refractivity contribution in [2.24, 2.45) is 5.92 Å². The number of aryl methyl sites for hydroxylation is 3. The molecule has 98 valence electrons. The van der Waals surface area contributed by atoms with Gasteiger partial charge in [-0.2, -0.15) is 5.10 Å². The minimum absolute atomic E-state index is 0.621. The van der Waals surface area contributed by atoms with Crippen molar-refractivity contribution in [2.75, 3.05) is 6.54 Å². The monoisotopic (exact) mass is 237 g/mol. The molecule has 0 aliphatic heterocycles. The van der Waals surface area contributed by atoms with Gasteiger partial charge in [0, 0.05) is 18.3 Å². The van der Waals surface area contributed by atoms with Gasteiger partial charge in [-0.05, 0) is 52.1 Å². The molecule has 1 N–H and O–H groups in total. The van der Waals surface area contributed by atoms with E-state index in [0.29, 0.717) is 6.04 Å². The van der Waals surface area contributed by atoms with Crippen LogP contribution in [-0.2, 0) is 6.54 Å². The molecule has 3 nitrogen and oxygen atoms in total. The van der Waals surface area contributed by atoms with E-state index in [4.69, 9.17) is 0 Å². The SMILES string of the molecule is Cc1cc(C)n(CCCNC(C)CC(C)C)n1. The van der Waals surface area contributed by atoms with Crippen LogP contribution in [0.3, 0.4) is 0 Å². The lowest BCUT2D eigenvalue weighted by molar-refractivity contribution is 0.427. The molecule has 0 saturated heterocycles. The Morgan fingerprint density at radius 1 is 1.29 bits per heavy atom. The van der Waals surface area contributed by atoms with Gasteiger partial charge in [-0.25, -0.2) is 0 Å². The molecule has 3 heteroatoms. The Balaban J connectivity index is 2.18. The van der Waals surface area contributed by atoms with Crippen molar-refractivity contribution in [1.29, 1.82) is 0 Å². The molecule has 1 aromatic heterocycles. The number of hydrogen-bond acceptors (Lipinski definition) is 2. The van der Waals surface area contributed by atoms with Crippen molar-refractivity contribution in [3.63, 3.8) is 0 Å². The van der Waals surface area contributed by atoms with Crippen molar-refractivity contribution < 1.29 is 0 Å². The number of aromatic nitrogens is 2. The zero-order valence-electron chi connectivity index (χ0n) is 12.0. The lowest BCUT2D eigenvalue weighted by Crippen LogP contribution is -2.29. The van der Waals surface area contributed by atoms with Crippen LogP contribution < -0.4 is 5.32 Å². The van der Waals surface area contributed by atoms with E-state index in [9.17, 15) is 0 Å². The summed E-state index contributed by atoms with van der Waals surface area (Å²) < 4.78 is 2.10. The third-order valence-electron chi connectivity index (χ3n) is 2.97. The van der Waals surface area contributed by atoms with Gasteiger partial charge >= 0.3 is 0 Å². The van der Waals surface area contributed by atoms with Gasteiger partial charge in [0.1, 0.15) is 0 Å². The van der Waals surface area contributed by atoms with E-state index in [1.54, 1.807) is 0 Å². The molecule has 1 rings (SSSR count). The molecule has 0 aliphatic carbocycles. The molecular formula is C14H27N3. The molecule has 1 unspecified atom stereocenters. The summed E-state index contributed by atoms with van der Waals surface area (Å²) in [6, 6.07) is 2.75. The fourth-order valence-corrected chi connectivity index (χ4v) is 2.27. The molecule has 1 aromatic rings.